The molecule has 0 aliphatic rings. The van der Waals surface area contributed by atoms with Crippen LogP contribution in [0.2, 0.25) is 0 Å². The van der Waals surface area contributed by atoms with Crippen molar-refractivity contribution in [2.24, 2.45) is 5.84 Å². The van der Waals surface area contributed by atoms with Gasteiger partial charge >= 0.3 is 0 Å². The lowest BCUT2D eigenvalue weighted by atomic mass is 10.1. The number of rotatable bonds is 5. The Balaban J connectivity index is 2.31. The van der Waals surface area contributed by atoms with E-state index in [-0.39, 0.29) is 5.91 Å². The van der Waals surface area contributed by atoms with E-state index < -0.39 is 11.6 Å². The van der Waals surface area contributed by atoms with Crippen molar-refractivity contribution in [1.29, 1.82) is 0 Å². The van der Waals surface area contributed by atoms with Gasteiger partial charge in [0.1, 0.15) is 0 Å². The maximum atomic E-state index is 12.9. The highest BCUT2D eigenvalue weighted by molar-refractivity contribution is 5.75. The van der Waals surface area contributed by atoms with Gasteiger partial charge in [-0.25, -0.2) is 14.6 Å². The van der Waals surface area contributed by atoms with Crippen molar-refractivity contribution in [3.63, 3.8) is 0 Å². The van der Waals surface area contributed by atoms with Crippen molar-refractivity contribution in [1.82, 2.24) is 5.01 Å². The molecule has 0 saturated carbocycles. The van der Waals surface area contributed by atoms with Gasteiger partial charge in [0.2, 0.25) is 5.91 Å². The van der Waals surface area contributed by atoms with Crippen LogP contribution in [0.1, 0.15) is 24.8 Å². The number of amides is 1. The van der Waals surface area contributed by atoms with Crippen LogP contribution in [0.15, 0.2) is 18.2 Å². The number of unbranched alkanes of at least 4 members (excludes halogenated alkanes) is 1. The van der Waals surface area contributed by atoms with E-state index in [1.165, 1.54) is 13.1 Å². The summed E-state index contributed by atoms with van der Waals surface area (Å²) < 4.78 is 25.5. The van der Waals surface area contributed by atoms with Crippen LogP contribution in [0.25, 0.3) is 0 Å². The van der Waals surface area contributed by atoms with Gasteiger partial charge in [0.15, 0.2) is 11.6 Å². The van der Waals surface area contributed by atoms with Crippen molar-refractivity contribution in [3.05, 3.63) is 35.4 Å². The Morgan fingerprint density at radius 2 is 2.00 bits per heavy atom. The molecule has 0 fully saturated rings. The maximum absolute atomic E-state index is 12.9. The summed E-state index contributed by atoms with van der Waals surface area (Å²) in [7, 11) is 1.50. The third-order valence-electron chi connectivity index (χ3n) is 2.48. The molecule has 0 aliphatic carbocycles. The first-order valence-corrected chi connectivity index (χ1v) is 5.46. The molecule has 0 unspecified atom stereocenters. The number of carbonyl (C=O) groups is 1. The Bertz CT molecular complexity index is 394. The lowest BCUT2D eigenvalue weighted by molar-refractivity contribution is -0.130. The first-order chi connectivity index (χ1) is 8.00. The topological polar surface area (TPSA) is 46.3 Å². The maximum Gasteiger partial charge on any atom is 0.236 e. The van der Waals surface area contributed by atoms with E-state index in [9.17, 15) is 13.6 Å². The standard InChI is InChI=1S/C12H16F2N2O/c1-16(15)12(17)5-3-2-4-9-6-7-10(13)11(14)8-9/h6-8H,2-5,15H2,1H3. The number of aryl methyl sites for hydroxylation is 1. The molecule has 0 heterocycles. The third-order valence-corrected chi connectivity index (χ3v) is 2.48. The molecule has 0 bridgehead atoms. The van der Waals surface area contributed by atoms with Crippen molar-refractivity contribution in [2.75, 3.05) is 7.05 Å². The quantitative estimate of drug-likeness (QED) is 0.371. The Morgan fingerprint density at radius 3 is 2.59 bits per heavy atom. The molecule has 1 aromatic rings. The minimum atomic E-state index is -0.839. The van der Waals surface area contributed by atoms with Crippen molar-refractivity contribution in [3.8, 4) is 0 Å². The van der Waals surface area contributed by atoms with Crippen LogP contribution in [-0.2, 0) is 11.2 Å². The summed E-state index contributed by atoms with van der Waals surface area (Å²) in [5, 5.41) is 1.05. The van der Waals surface area contributed by atoms with Gasteiger partial charge in [0, 0.05) is 13.5 Å². The molecule has 0 atom stereocenters. The monoisotopic (exact) mass is 242 g/mol. The van der Waals surface area contributed by atoms with Gasteiger partial charge in [-0.1, -0.05) is 6.07 Å². The largest absolute Gasteiger partial charge is 0.284 e. The summed E-state index contributed by atoms with van der Waals surface area (Å²) >= 11 is 0. The van der Waals surface area contributed by atoms with Crippen molar-refractivity contribution >= 4 is 5.91 Å². The van der Waals surface area contributed by atoms with Gasteiger partial charge in [-0.15, -0.1) is 0 Å². The smallest absolute Gasteiger partial charge is 0.236 e. The Hall–Kier alpha value is -1.49. The fourth-order valence-corrected chi connectivity index (χ4v) is 1.48. The molecule has 1 amide bonds. The number of nitrogens with two attached hydrogens (primary N) is 1. The van der Waals surface area contributed by atoms with Gasteiger partial charge in [-0.2, -0.15) is 0 Å². The molecular formula is C12H16F2N2O. The zero-order valence-electron chi connectivity index (χ0n) is 9.75. The van der Waals surface area contributed by atoms with Gasteiger partial charge in [-0.3, -0.25) is 9.80 Å². The van der Waals surface area contributed by atoms with Gasteiger partial charge in [0.05, 0.1) is 0 Å². The third kappa shape index (κ3) is 4.48. The van der Waals surface area contributed by atoms with E-state index in [1.54, 1.807) is 6.07 Å². The van der Waals surface area contributed by atoms with Crippen LogP contribution < -0.4 is 5.84 Å². The van der Waals surface area contributed by atoms with Crippen LogP contribution in [-0.4, -0.2) is 18.0 Å². The zero-order chi connectivity index (χ0) is 12.8. The number of hydrazine groups is 1. The Labute approximate surface area is 99.2 Å². The number of hydrogen-bond donors (Lipinski definition) is 1. The molecule has 5 heteroatoms. The van der Waals surface area contributed by atoms with Gasteiger partial charge < -0.3 is 0 Å². The molecule has 2 N–H and O–H groups in total. The van der Waals surface area contributed by atoms with Gasteiger partial charge in [0.25, 0.3) is 0 Å². The van der Waals surface area contributed by atoms with Gasteiger partial charge in [-0.05, 0) is 37.0 Å². The lowest BCUT2D eigenvalue weighted by Gasteiger charge is -2.09. The minimum absolute atomic E-state index is 0.129. The van der Waals surface area contributed by atoms with Crippen LogP contribution >= 0.6 is 0 Å². The van der Waals surface area contributed by atoms with E-state index in [1.807, 2.05) is 0 Å². The first-order valence-electron chi connectivity index (χ1n) is 5.46. The molecule has 1 rings (SSSR count). The van der Waals surface area contributed by atoms with Crippen molar-refractivity contribution in [2.45, 2.75) is 25.7 Å². The van der Waals surface area contributed by atoms with Crippen LogP contribution in [0.4, 0.5) is 8.78 Å². The summed E-state index contributed by atoms with van der Waals surface area (Å²) in [6, 6.07) is 3.85. The normalized spacial score (nSPS) is 10.4. The molecule has 0 aliphatic heterocycles. The average Bonchev–Trinajstić information content (AvgIpc) is 2.28. The van der Waals surface area contributed by atoms with Crippen molar-refractivity contribution < 1.29 is 13.6 Å². The zero-order valence-corrected chi connectivity index (χ0v) is 9.75. The molecule has 3 nitrogen and oxygen atoms in total. The number of benzene rings is 1. The number of nitrogens with zero attached hydrogens (tertiary/aromatic N) is 1. The SMILES string of the molecule is CN(N)C(=O)CCCCc1ccc(F)c(F)c1. The number of hydrogen-bond acceptors (Lipinski definition) is 2. The van der Waals surface area contributed by atoms with Crippen LogP contribution in [0, 0.1) is 11.6 Å². The minimum Gasteiger partial charge on any atom is -0.284 e. The van der Waals surface area contributed by atoms with E-state index in [2.05, 4.69) is 0 Å². The average molecular weight is 242 g/mol. The molecule has 94 valence electrons. The highest BCUT2D eigenvalue weighted by Crippen LogP contribution is 2.11. The second-order valence-corrected chi connectivity index (χ2v) is 3.96. The summed E-state index contributed by atoms with van der Waals surface area (Å²) in [4.78, 5) is 11.1. The molecule has 17 heavy (non-hydrogen) atoms. The summed E-state index contributed by atoms with van der Waals surface area (Å²) in [6.07, 6.45) is 2.42. The first kappa shape index (κ1) is 13.6. The molecule has 0 saturated heterocycles. The second-order valence-electron chi connectivity index (χ2n) is 3.96. The van der Waals surface area contributed by atoms with E-state index in [0.717, 1.165) is 23.1 Å². The summed E-state index contributed by atoms with van der Waals surface area (Å²) in [5.41, 5.74) is 0.734. The predicted molar refractivity (Wildman–Crippen MR) is 60.9 cm³/mol. The molecular weight excluding hydrogens is 226 g/mol. The lowest BCUT2D eigenvalue weighted by Crippen LogP contribution is -2.32. The highest BCUT2D eigenvalue weighted by Gasteiger charge is 2.05. The number of carbonyl (C=O) groups excluding carboxylic acids is 1. The van der Waals surface area contributed by atoms with Crippen LogP contribution in [0.5, 0.6) is 0 Å². The van der Waals surface area contributed by atoms with E-state index in [4.69, 9.17) is 5.84 Å². The predicted octanol–water partition coefficient (Wildman–Crippen LogP) is 2.01. The number of halogens is 2. The highest BCUT2D eigenvalue weighted by atomic mass is 19.2. The Kier molecular flexibility index (Phi) is 5.03. The summed E-state index contributed by atoms with van der Waals surface area (Å²) in [5.74, 6) is 3.46. The summed E-state index contributed by atoms with van der Waals surface area (Å²) in [6.45, 7) is 0. The Morgan fingerprint density at radius 1 is 1.29 bits per heavy atom. The second kappa shape index (κ2) is 6.30. The van der Waals surface area contributed by atoms with E-state index >= 15 is 0 Å². The van der Waals surface area contributed by atoms with E-state index in [0.29, 0.717) is 19.3 Å². The molecule has 1 aromatic carbocycles. The molecule has 0 spiro atoms. The molecule has 0 aromatic heterocycles. The molecule has 0 radical (unpaired) electrons. The fraction of sp³-hybridized carbons (Fsp3) is 0.417. The van der Waals surface area contributed by atoms with Crippen LogP contribution in [0.3, 0.4) is 0 Å². The fourth-order valence-electron chi connectivity index (χ4n) is 1.48.